The van der Waals surface area contributed by atoms with E-state index >= 15 is 0 Å². The Balaban J connectivity index is 1.28. The first kappa shape index (κ1) is 24.9. The minimum atomic E-state index is -0.179. The van der Waals surface area contributed by atoms with E-state index in [-0.39, 0.29) is 18.1 Å². The van der Waals surface area contributed by atoms with Crippen LogP contribution in [0.25, 0.3) is 0 Å². The largest absolute Gasteiger partial charge is 0.497 e. The fourth-order valence-corrected chi connectivity index (χ4v) is 4.67. The summed E-state index contributed by atoms with van der Waals surface area (Å²) < 4.78 is 33.5. The third-order valence-corrected chi connectivity index (χ3v) is 6.51. The SMILES string of the molecule is COc1ccc2c(c1)[C@H]1OCCN(CCCCNC(=O)c3cc(OC)c(OC)c(OC)c3)[C@@H]1CO2. The minimum absolute atomic E-state index is 0.0256. The first-order chi connectivity index (χ1) is 17.1. The predicted molar refractivity (Wildman–Crippen MR) is 130 cm³/mol. The number of amides is 1. The van der Waals surface area contributed by atoms with E-state index in [0.717, 1.165) is 43.0 Å². The Morgan fingerprint density at radius 3 is 2.49 bits per heavy atom. The lowest BCUT2D eigenvalue weighted by Crippen LogP contribution is -2.52. The van der Waals surface area contributed by atoms with Crippen molar-refractivity contribution < 1.29 is 33.2 Å². The molecule has 2 aromatic rings. The standard InChI is InChI=1S/C26H34N2O7/c1-30-18-7-8-21-19(15-18)24-20(16-35-21)28(11-12-34-24)10-6-5-9-27-26(29)17-13-22(31-2)25(33-4)23(14-17)32-3/h7-8,13-15,20,24H,5-6,9-12,16H2,1-4H3,(H,27,29)/t20-,24-/m1/s1. The summed E-state index contributed by atoms with van der Waals surface area (Å²) in [4.78, 5) is 15.1. The number of hydrogen-bond acceptors (Lipinski definition) is 8. The number of benzene rings is 2. The van der Waals surface area contributed by atoms with Crippen molar-refractivity contribution in [3.8, 4) is 28.7 Å². The monoisotopic (exact) mass is 486 g/mol. The van der Waals surface area contributed by atoms with Gasteiger partial charge in [-0.1, -0.05) is 0 Å². The van der Waals surface area contributed by atoms with Crippen molar-refractivity contribution in [3.05, 3.63) is 41.5 Å². The zero-order valence-corrected chi connectivity index (χ0v) is 20.8. The summed E-state index contributed by atoms with van der Waals surface area (Å²) in [5.74, 6) is 2.85. The quantitative estimate of drug-likeness (QED) is 0.513. The number of nitrogens with one attached hydrogen (secondary N) is 1. The summed E-state index contributed by atoms with van der Waals surface area (Å²) in [6.07, 6.45) is 1.78. The van der Waals surface area contributed by atoms with E-state index in [0.29, 0.717) is 42.6 Å². The molecule has 1 amide bonds. The van der Waals surface area contributed by atoms with Gasteiger partial charge < -0.3 is 33.7 Å². The molecule has 9 heteroatoms. The lowest BCUT2D eigenvalue weighted by molar-refractivity contribution is -0.0960. The van der Waals surface area contributed by atoms with Crippen LogP contribution in [-0.2, 0) is 4.74 Å². The third kappa shape index (κ3) is 5.41. The Hall–Kier alpha value is -3.17. The van der Waals surface area contributed by atoms with Gasteiger partial charge in [0.15, 0.2) is 11.5 Å². The molecule has 190 valence electrons. The molecule has 0 spiro atoms. The number of ether oxygens (including phenoxy) is 6. The maximum Gasteiger partial charge on any atom is 0.251 e. The smallest absolute Gasteiger partial charge is 0.251 e. The van der Waals surface area contributed by atoms with E-state index in [1.165, 1.54) is 21.3 Å². The van der Waals surface area contributed by atoms with Crippen molar-refractivity contribution >= 4 is 5.91 Å². The summed E-state index contributed by atoms with van der Waals surface area (Å²) in [5.41, 5.74) is 1.51. The highest BCUT2D eigenvalue weighted by molar-refractivity contribution is 5.95. The van der Waals surface area contributed by atoms with Crippen LogP contribution in [0, 0.1) is 0 Å². The van der Waals surface area contributed by atoms with Crippen LogP contribution in [0.1, 0.15) is 34.9 Å². The highest BCUT2D eigenvalue weighted by Crippen LogP contribution is 2.40. The molecule has 2 atom stereocenters. The number of morpholine rings is 1. The molecule has 0 bridgehead atoms. The molecule has 0 aromatic heterocycles. The Morgan fingerprint density at radius 2 is 1.80 bits per heavy atom. The third-order valence-electron chi connectivity index (χ3n) is 6.51. The fourth-order valence-electron chi connectivity index (χ4n) is 4.67. The predicted octanol–water partition coefficient (Wildman–Crippen LogP) is 3.07. The molecule has 9 nitrogen and oxygen atoms in total. The second-order valence-corrected chi connectivity index (χ2v) is 8.49. The van der Waals surface area contributed by atoms with Gasteiger partial charge in [0.25, 0.3) is 5.91 Å². The van der Waals surface area contributed by atoms with E-state index in [9.17, 15) is 4.79 Å². The van der Waals surface area contributed by atoms with Crippen LogP contribution in [0.5, 0.6) is 28.7 Å². The number of carbonyl (C=O) groups is 1. The molecule has 0 unspecified atom stereocenters. The van der Waals surface area contributed by atoms with E-state index in [1.807, 2.05) is 18.2 Å². The van der Waals surface area contributed by atoms with E-state index in [1.54, 1.807) is 19.2 Å². The zero-order valence-electron chi connectivity index (χ0n) is 20.8. The van der Waals surface area contributed by atoms with Crippen LogP contribution in [0.4, 0.5) is 0 Å². The summed E-state index contributed by atoms with van der Waals surface area (Å²) >= 11 is 0. The van der Waals surface area contributed by atoms with Gasteiger partial charge >= 0.3 is 0 Å². The normalized spacial score (nSPS) is 19.1. The van der Waals surface area contributed by atoms with Gasteiger partial charge in [-0.3, -0.25) is 9.69 Å². The van der Waals surface area contributed by atoms with Crippen molar-refractivity contribution in [1.29, 1.82) is 0 Å². The second-order valence-electron chi connectivity index (χ2n) is 8.49. The molecule has 2 aromatic carbocycles. The molecule has 2 aliphatic heterocycles. The number of methoxy groups -OCH3 is 4. The lowest BCUT2D eigenvalue weighted by atomic mass is 9.96. The molecule has 4 rings (SSSR count). The van der Waals surface area contributed by atoms with Crippen molar-refractivity contribution in [2.45, 2.75) is 25.0 Å². The molecule has 2 heterocycles. The Morgan fingerprint density at radius 1 is 1.03 bits per heavy atom. The first-order valence-electron chi connectivity index (χ1n) is 11.8. The molecule has 1 saturated heterocycles. The van der Waals surface area contributed by atoms with Crippen LogP contribution in [0.2, 0.25) is 0 Å². The van der Waals surface area contributed by atoms with Crippen LogP contribution < -0.4 is 29.0 Å². The van der Waals surface area contributed by atoms with Gasteiger partial charge in [-0.25, -0.2) is 0 Å². The van der Waals surface area contributed by atoms with Gasteiger partial charge in [0, 0.05) is 24.2 Å². The molecule has 1 fully saturated rings. The molecular weight excluding hydrogens is 452 g/mol. The van der Waals surface area contributed by atoms with Gasteiger partial charge in [-0.2, -0.15) is 0 Å². The Labute approximate surface area is 206 Å². The van der Waals surface area contributed by atoms with Crippen molar-refractivity contribution in [3.63, 3.8) is 0 Å². The van der Waals surface area contributed by atoms with Crippen molar-refractivity contribution in [2.75, 3.05) is 61.3 Å². The highest BCUT2D eigenvalue weighted by Gasteiger charge is 2.38. The van der Waals surface area contributed by atoms with Gasteiger partial charge in [0.05, 0.1) is 41.1 Å². The van der Waals surface area contributed by atoms with Gasteiger partial charge in [-0.15, -0.1) is 0 Å². The fraction of sp³-hybridized carbons (Fsp3) is 0.500. The lowest BCUT2D eigenvalue weighted by Gasteiger charge is -2.44. The molecule has 0 aliphatic carbocycles. The summed E-state index contributed by atoms with van der Waals surface area (Å²) in [5, 5.41) is 2.99. The van der Waals surface area contributed by atoms with Gasteiger partial charge in [0.2, 0.25) is 5.75 Å². The average molecular weight is 487 g/mol. The molecule has 0 radical (unpaired) electrons. The summed E-state index contributed by atoms with van der Waals surface area (Å²) in [7, 11) is 6.26. The molecule has 2 aliphatic rings. The van der Waals surface area contributed by atoms with Crippen LogP contribution >= 0.6 is 0 Å². The zero-order chi connectivity index (χ0) is 24.8. The van der Waals surface area contributed by atoms with Crippen molar-refractivity contribution in [1.82, 2.24) is 10.2 Å². The number of carbonyl (C=O) groups excluding carboxylic acids is 1. The van der Waals surface area contributed by atoms with E-state index in [4.69, 9.17) is 28.4 Å². The number of unbranched alkanes of at least 4 members (excludes halogenated alkanes) is 1. The van der Waals surface area contributed by atoms with Crippen LogP contribution in [0.15, 0.2) is 30.3 Å². The highest BCUT2D eigenvalue weighted by atomic mass is 16.5. The van der Waals surface area contributed by atoms with Gasteiger partial charge in [0.1, 0.15) is 24.2 Å². The van der Waals surface area contributed by atoms with E-state index in [2.05, 4.69) is 10.2 Å². The topological polar surface area (TPSA) is 87.7 Å². The van der Waals surface area contributed by atoms with Crippen LogP contribution in [0.3, 0.4) is 0 Å². The number of rotatable bonds is 10. The van der Waals surface area contributed by atoms with Gasteiger partial charge in [-0.05, 0) is 49.7 Å². The maximum atomic E-state index is 12.7. The van der Waals surface area contributed by atoms with E-state index < -0.39 is 0 Å². The van der Waals surface area contributed by atoms with Crippen LogP contribution in [-0.4, -0.2) is 78.1 Å². The number of hydrogen-bond donors (Lipinski definition) is 1. The number of fused-ring (bicyclic) bond motifs is 3. The molecule has 0 saturated carbocycles. The minimum Gasteiger partial charge on any atom is -0.497 e. The maximum absolute atomic E-state index is 12.7. The molecular formula is C26H34N2O7. The summed E-state index contributed by atoms with van der Waals surface area (Å²) in [6, 6.07) is 9.34. The molecule has 1 N–H and O–H groups in total. The number of nitrogens with zero attached hydrogens (tertiary/aromatic N) is 1. The van der Waals surface area contributed by atoms with Crippen molar-refractivity contribution in [2.24, 2.45) is 0 Å². The summed E-state index contributed by atoms with van der Waals surface area (Å²) in [6.45, 7) is 3.62. The average Bonchev–Trinajstić information content (AvgIpc) is 2.91. The molecule has 35 heavy (non-hydrogen) atoms. The second kappa shape index (κ2) is 11.5. The Kier molecular flexibility index (Phi) is 8.20. The Bertz CT molecular complexity index is 1000. The first-order valence-corrected chi connectivity index (χ1v) is 11.8.